The first-order chi connectivity index (χ1) is 11.5. The van der Waals surface area contributed by atoms with Crippen LogP contribution in [0.4, 0.5) is 11.6 Å². The summed E-state index contributed by atoms with van der Waals surface area (Å²) in [4.78, 5) is 8.82. The number of piperidine rings is 1. The molecule has 0 atom stereocenters. The summed E-state index contributed by atoms with van der Waals surface area (Å²) in [6.45, 7) is 2.79. The Hall–Kier alpha value is -2.00. The van der Waals surface area contributed by atoms with Crippen molar-refractivity contribution >= 4 is 21.7 Å². The molecule has 0 radical (unpaired) electrons. The van der Waals surface area contributed by atoms with Crippen molar-refractivity contribution in [1.82, 2.24) is 24.1 Å². The van der Waals surface area contributed by atoms with Crippen LogP contribution in [0, 0.1) is 0 Å². The minimum absolute atomic E-state index is 0.157. The molecule has 1 aliphatic heterocycles. The van der Waals surface area contributed by atoms with Gasteiger partial charge in [0.05, 0.1) is 17.6 Å². The van der Waals surface area contributed by atoms with E-state index in [4.69, 9.17) is 0 Å². The second-order valence-electron chi connectivity index (χ2n) is 5.91. The highest BCUT2D eigenvalue weighted by Crippen LogP contribution is 2.28. The van der Waals surface area contributed by atoms with E-state index in [1.807, 2.05) is 19.3 Å². The number of nitrogens with zero attached hydrogens (tertiary/aromatic N) is 5. The van der Waals surface area contributed by atoms with Crippen molar-refractivity contribution in [2.24, 2.45) is 7.05 Å². The summed E-state index contributed by atoms with van der Waals surface area (Å²) >= 11 is 0. The normalized spacial score (nSPS) is 17.1. The van der Waals surface area contributed by atoms with E-state index in [2.05, 4.69) is 20.4 Å². The summed E-state index contributed by atoms with van der Waals surface area (Å²) in [5.41, 5.74) is 1.78. The molecule has 0 bridgehead atoms. The van der Waals surface area contributed by atoms with E-state index in [9.17, 15) is 8.42 Å². The summed E-state index contributed by atoms with van der Waals surface area (Å²) in [6.07, 6.45) is 6.86. The lowest BCUT2D eigenvalue weighted by molar-refractivity contribution is 0.317. The van der Waals surface area contributed by atoms with Crippen molar-refractivity contribution < 1.29 is 8.42 Å². The van der Waals surface area contributed by atoms with E-state index in [1.165, 1.54) is 0 Å². The molecule has 0 aliphatic carbocycles. The van der Waals surface area contributed by atoms with Crippen LogP contribution >= 0.6 is 0 Å². The Morgan fingerprint density at radius 2 is 2.08 bits per heavy atom. The van der Waals surface area contributed by atoms with E-state index in [0.29, 0.717) is 19.0 Å². The molecule has 24 heavy (non-hydrogen) atoms. The van der Waals surface area contributed by atoms with Gasteiger partial charge in [0.2, 0.25) is 16.0 Å². The average molecular weight is 350 g/mol. The maximum absolute atomic E-state index is 11.9. The molecule has 0 aromatic carbocycles. The van der Waals surface area contributed by atoms with Crippen LogP contribution in [0.2, 0.25) is 0 Å². The number of aromatic nitrogens is 4. The molecule has 0 spiro atoms. The van der Waals surface area contributed by atoms with Crippen molar-refractivity contribution in [3.05, 3.63) is 30.4 Å². The average Bonchev–Trinajstić information content (AvgIpc) is 3.00. The zero-order valence-electron chi connectivity index (χ0n) is 13.9. The van der Waals surface area contributed by atoms with Gasteiger partial charge < -0.3 is 5.32 Å². The Balaban J connectivity index is 1.67. The first kappa shape index (κ1) is 16.8. The molecule has 1 aliphatic rings. The van der Waals surface area contributed by atoms with Crippen LogP contribution < -0.4 is 5.32 Å². The van der Waals surface area contributed by atoms with E-state index in [0.717, 1.165) is 24.2 Å². The third-order valence-corrected chi connectivity index (χ3v) is 6.15. The molecule has 130 valence electrons. The lowest BCUT2D eigenvalue weighted by Gasteiger charge is -2.30. The molecule has 1 fully saturated rings. The Kier molecular flexibility index (Phi) is 4.81. The van der Waals surface area contributed by atoms with E-state index >= 15 is 0 Å². The SMILES string of the molecule is CCS(=O)(=O)N1CCC(c2ccnc(Nc3cnn(C)c3)n2)CC1. The Morgan fingerprint density at radius 3 is 2.71 bits per heavy atom. The van der Waals surface area contributed by atoms with Crippen molar-refractivity contribution in [2.75, 3.05) is 24.2 Å². The van der Waals surface area contributed by atoms with E-state index in [1.54, 1.807) is 28.3 Å². The van der Waals surface area contributed by atoms with Gasteiger partial charge in [-0.1, -0.05) is 0 Å². The number of rotatable bonds is 5. The third-order valence-electron chi connectivity index (χ3n) is 4.27. The molecule has 9 heteroatoms. The molecule has 2 aromatic rings. The molecule has 1 N–H and O–H groups in total. The van der Waals surface area contributed by atoms with Crippen LogP contribution in [-0.4, -0.2) is 51.3 Å². The number of anilines is 2. The monoisotopic (exact) mass is 350 g/mol. The van der Waals surface area contributed by atoms with Crippen molar-refractivity contribution in [2.45, 2.75) is 25.7 Å². The molecule has 3 heterocycles. The van der Waals surface area contributed by atoms with Crippen LogP contribution in [-0.2, 0) is 17.1 Å². The highest BCUT2D eigenvalue weighted by atomic mass is 32.2. The molecule has 2 aromatic heterocycles. The summed E-state index contributed by atoms with van der Waals surface area (Å²) in [5, 5.41) is 7.24. The van der Waals surface area contributed by atoms with Gasteiger partial charge in [-0.15, -0.1) is 0 Å². The summed E-state index contributed by atoms with van der Waals surface area (Å²) in [7, 11) is -1.25. The molecular weight excluding hydrogens is 328 g/mol. The van der Waals surface area contributed by atoms with Gasteiger partial charge in [0.25, 0.3) is 0 Å². The van der Waals surface area contributed by atoms with Crippen LogP contribution in [0.3, 0.4) is 0 Å². The quantitative estimate of drug-likeness (QED) is 0.878. The van der Waals surface area contributed by atoms with E-state index < -0.39 is 10.0 Å². The molecule has 8 nitrogen and oxygen atoms in total. The standard InChI is InChI=1S/C15H22N6O2S/c1-3-24(22,23)21-8-5-12(6-9-21)14-4-7-16-15(19-14)18-13-10-17-20(2)11-13/h4,7,10-12H,3,5-6,8-9H2,1-2H3,(H,16,18,19). The fraction of sp³-hybridized carbons (Fsp3) is 0.533. The van der Waals surface area contributed by atoms with Gasteiger partial charge in [-0.3, -0.25) is 4.68 Å². The van der Waals surface area contributed by atoms with Gasteiger partial charge in [0.1, 0.15) is 0 Å². The second kappa shape index (κ2) is 6.86. The molecule has 1 saturated heterocycles. The zero-order chi connectivity index (χ0) is 17.2. The van der Waals surface area contributed by atoms with Gasteiger partial charge in [0, 0.05) is 44.1 Å². The molecular formula is C15H22N6O2S. The van der Waals surface area contributed by atoms with Gasteiger partial charge >= 0.3 is 0 Å². The molecule has 0 saturated carbocycles. The fourth-order valence-corrected chi connectivity index (χ4v) is 4.02. The number of nitrogens with one attached hydrogen (secondary N) is 1. The second-order valence-corrected chi connectivity index (χ2v) is 8.16. The third kappa shape index (κ3) is 3.73. The molecule has 0 amide bonds. The minimum atomic E-state index is -3.09. The Morgan fingerprint density at radius 1 is 1.33 bits per heavy atom. The first-order valence-corrected chi connectivity index (χ1v) is 9.65. The van der Waals surface area contributed by atoms with Gasteiger partial charge in [-0.25, -0.2) is 22.7 Å². The maximum atomic E-state index is 11.9. The van der Waals surface area contributed by atoms with Crippen molar-refractivity contribution in [3.8, 4) is 0 Å². The number of sulfonamides is 1. The summed E-state index contributed by atoms with van der Waals surface area (Å²) in [5.74, 6) is 0.944. The lowest BCUT2D eigenvalue weighted by Crippen LogP contribution is -2.38. The Labute approximate surface area is 142 Å². The molecule has 0 unspecified atom stereocenters. The fourth-order valence-electron chi connectivity index (χ4n) is 2.89. The number of hydrogen-bond acceptors (Lipinski definition) is 6. The number of hydrogen-bond donors (Lipinski definition) is 1. The molecule has 3 rings (SSSR count). The van der Waals surface area contributed by atoms with Crippen LogP contribution in [0.5, 0.6) is 0 Å². The minimum Gasteiger partial charge on any atom is -0.321 e. The smallest absolute Gasteiger partial charge is 0.227 e. The summed E-state index contributed by atoms with van der Waals surface area (Å²) in [6, 6.07) is 1.91. The largest absolute Gasteiger partial charge is 0.321 e. The predicted octanol–water partition coefficient (Wildman–Crippen LogP) is 1.48. The summed E-state index contributed by atoms with van der Waals surface area (Å²) < 4.78 is 27.2. The predicted molar refractivity (Wildman–Crippen MR) is 91.5 cm³/mol. The first-order valence-electron chi connectivity index (χ1n) is 8.04. The van der Waals surface area contributed by atoms with Gasteiger partial charge in [-0.2, -0.15) is 5.10 Å². The van der Waals surface area contributed by atoms with Gasteiger partial charge in [0.15, 0.2) is 0 Å². The van der Waals surface area contributed by atoms with Gasteiger partial charge in [-0.05, 0) is 25.8 Å². The van der Waals surface area contributed by atoms with Crippen molar-refractivity contribution in [1.29, 1.82) is 0 Å². The highest BCUT2D eigenvalue weighted by molar-refractivity contribution is 7.89. The highest BCUT2D eigenvalue weighted by Gasteiger charge is 2.28. The van der Waals surface area contributed by atoms with Crippen LogP contribution in [0.1, 0.15) is 31.4 Å². The van der Waals surface area contributed by atoms with Crippen LogP contribution in [0.15, 0.2) is 24.7 Å². The Bertz CT molecular complexity index is 796. The topological polar surface area (TPSA) is 93.0 Å². The zero-order valence-corrected chi connectivity index (χ0v) is 14.7. The number of aryl methyl sites for hydroxylation is 1. The van der Waals surface area contributed by atoms with Crippen LogP contribution in [0.25, 0.3) is 0 Å². The van der Waals surface area contributed by atoms with Crippen molar-refractivity contribution in [3.63, 3.8) is 0 Å². The lowest BCUT2D eigenvalue weighted by atomic mass is 9.94. The van der Waals surface area contributed by atoms with E-state index in [-0.39, 0.29) is 11.7 Å². The maximum Gasteiger partial charge on any atom is 0.227 e.